The van der Waals surface area contributed by atoms with Crippen molar-refractivity contribution >= 4 is 5.78 Å². The van der Waals surface area contributed by atoms with E-state index >= 15 is 0 Å². The Bertz CT molecular complexity index is 166. The lowest BCUT2D eigenvalue weighted by molar-refractivity contribution is -0.126. The summed E-state index contributed by atoms with van der Waals surface area (Å²) in [5.41, 5.74) is 5.66. The first kappa shape index (κ1) is 9.68. The number of rotatable bonds is 4. The lowest BCUT2D eigenvalue weighted by Gasteiger charge is -2.29. The smallest absolute Gasteiger partial charge is 0.159 e. The summed E-state index contributed by atoms with van der Waals surface area (Å²) in [5, 5.41) is 9.29. The highest BCUT2D eigenvalue weighted by molar-refractivity contribution is 5.80. The summed E-state index contributed by atoms with van der Waals surface area (Å²) in [4.78, 5) is 10.7. The molecule has 0 radical (unpaired) electrons. The Morgan fingerprint density at radius 1 is 1.67 bits per heavy atom. The number of carbonyl (C=O) groups excluding carboxylic acids is 1. The molecular weight excluding hydrogens is 154 g/mol. The molecule has 2 atom stereocenters. The fraction of sp³-hybridized carbons (Fsp3) is 0.889. The number of Topliss-reactive ketones (excluding diaryl/α,β-unsaturated/α-hetero) is 1. The van der Waals surface area contributed by atoms with Crippen LogP contribution >= 0.6 is 0 Å². The standard InChI is InChI=1S/C9H17NO2/c1-6(11)9(12)8(10)5-7-3-2-4-7/h7-9,12H,2-5,10H2,1H3/t8-,9-/m0/s1. The Hall–Kier alpha value is -0.410. The van der Waals surface area contributed by atoms with Gasteiger partial charge in [0.2, 0.25) is 0 Å². The molecule has 0 aromatic rings. The van der Waals surface area contributed by atoms with Crippen molar-refractivity contribution < 1.29 is 9.90 Å². The van der Waals surface area contributed by atoms with E-state index in [4.69, 9.17) is 5.73 Å². The quantitative estimate of drug-likeness (QED) is 0.645. The lowest BCUT2D eigenvalue weighted by atomic mass is 9.80. The molecule has 1 fully saturated rings. The Kier molecular flexibility index (Phi) is 3.23. The fourth-order valence-corrected chi connectivity index (χ4v) is 1.54. The van der Waals surface area contributed by atoms with Gasteiger partial charge in [0.05, 0.1) is 0 Å². The third-order valence-electron chi connectivity index (χ3n) is 2.65. The van der Waals surface area contributed by atoms with Gasteiger partial charge in [-0.3, -0.25) is 4.79 Å². The minimum absolute atomic E-state index is 0.221. The van der Waals surface area contributed by atoms with E-state index in [0.29, 0.717) is 5.92 Å². The monoisotopic (exact) mass is 171 g/mol. The zero-order valence-electron chi connectivity index (χ0n) is 7.49. The van der Waals surface area contributed by atoms with Gasteiger partial charge in [0.1, 0.15) is 6.10 Å². The van der Waals surface area contributed by atoms with Crippen molar-refractivity contribution in [1.82, 2.24) is 0 Å². The number of aliphatic hydroxyl groups is 1. The van der Waals surface area contributed by atoms with Crippen molar-refractivity contribution in [3.63, 3.8) is 0 Å². The number of carbonyl (C=O) groups is 1. The summed E-state index contributed by atoms with van der Waals surface area (Å²) in [6.45, 7) is 1.38. The number of hydrogen-bond acceptors (Lipinski definition) is 3. The van der Waals surface area contributed by atoms with E-state index in [1.165, 1.54) is 26.2 Å². The summed E-state index contributed by atoms with van der Waals surface area (Å²) >= 11 is 0. The summed E-state index contributed by atoms with van der Waals surface area (Å²) in [5.74, 6) is 0.427. The molecule has 3 nitrogen and oxygen atoms in total. The predicted molar refractivity (Wildman–Crippen MR) is 46.6 cm³/mol. The van der Waals surface area contributed by atoms with Crippen LogP contribution in [-0.2, 0) is 4.79 Å². The Balaban J connectivity index is 2.25. The minimum Gasteiger partial charge on any atom is -0.384 e. The van der Waals surface area contributed by atoms with E-state index in [1.54, 1.807) is 0 Å². The fourth-order valence-electron chi connectivity index (χ4n) is 1.54. The molecule has 0 unspecified atom stereocenters. The highest BCUT2D eigenvalue weighted by Gasteiger charge is 2.25. The zero-order chi connectivity index (χ0) is 9.14. The van der Waals surface area contributed by atoms with Gasteiger partial charge in [-0.25, -0.2) is 0 Å². The van der Waals surface area contributed by atoms with Crippen LogP contribution in [0.1, 0.15) is 32.6 Å². The second kappa shape index (κ2) is 4.01. The molecule has 1 saturated carbocycles. The molecule has 0 spiro atoms. The van der Waals surface area contributed by atoms with Crippen molar-refractivity contribution in [2.24, 2.45) is 11.7 Å². The first-order chi connectivity index (χ1) is 5.61. The average Bonchev–Trinajstić information content (AvgIpc) is 1.94. The van der Waals surface area contributed by atoms with Crippen molar-refractivity contribution in [1.29, 1.82) is 0 Å². The molecule has 1 rings (SSSR count). The number of aliphatic hydroxyl groups excluding tert-OH is 1. The summed E-state index contributed by atoms with van der Waals surface area (Å²) in [7, 11) is 0. The molecule has 3 N–H and O–H groups in total. The third-order valence-corrected chi connectivity index (χ3v) is 2.65. The topological polar surface area (TPSA) is 63.3 Å². The zero-order valence-corrected chi connectivity index (χ0v) is 7.49. The first-order valence-electron chi connectivity index (χ1n) is 4.55. The summed E-state index contributed by atoms with van der Waals surface area (Å²) in [6.07, 6.45) is 3.52. The Labute approximate surface area is 72.9 Å². The highest BCUT2D eigenvalue weighted by atomic mass is 16.3. The van der Waals surface area contributed by atoms with Gasteiger partial charge in [-0.05, 0) is 19.3 Å². The molecule has 0 aliphatic heterocycles. The van der Waals surface area contributed by atoms with Crippen LogP contribution in [0.25, 0.3) is 0 Å². The average molecular weight is 171 g/mol. The van der Waals surface area contributed by atoms with Gasteiger partial charge in [-0.15, -0.1) is 0 Å². The second-order valence-electron chi connectivity index (χ2n) is 3.75. The molecule has 0 heterocycles. The maximum absolute atomic E-state index is 10.7. The van der Waals surface area contributed by atoms with Crippen molar-refractivity contribution in [2.45, 2.75) is 44.8 Å². The predicted octanol–water partition coefficient (Wildman–Crippen LogP) is 0.454. The van der Waals surface area contributed by atoms with E-state index in [0.717, 1.165) is 6.42 Å². The molecule has 12 heavy (non-hydrogen) atoms. The summed E-state index contributed by atoms with van der Waals surface area (Å²) in [6, 6.07) is -0.354. The van der Waals surface area contributed by atoms with Gasteiger partial charge in [0.25, 0.3) is 0 Å². The largest absolute Gasteiger partial charge is 0.384 e. The van der Waals surface area contributed by atoms with Gasteiger partial charge in [0.15, 0.2) is 5.78 Å². The van der Waals surface area contributed by atoms with Crippen LogP contribution in [-0.4, -0.2) is 23.0 Å². The van der Waals surface area contributed by atoms with E-state index in [1.807, 2.05) is 0 Å². The third kappa shape index (κ3) is 2.29. The minimum atomic E-state index is -0.953. The van der Waals surface area contributed by atoms with Crippen LogP contribution in [0.15, 0.2) is 0 Å². The van der Waals surface area contributed by atoms with Gasteiger partial charge >= 0.3 is 0 Å². The van der Waals surface area contributed by atoms with Crippen LogP contribution in [0.4, 0.5) is 0 Å². The van der Waals surface area contributed by atoms with Crippen LogP contribution < -0.4 is 5.73 Å². The molecule has 70 valence electrons. The van der Waals surface area contributed by atoms with Crippen molar-refractivity contribution in [3.05, 3.63) is 0 Å². The van der Waals surface area contributed by atoms with Crippen molar-refractivity contribution in [3.8, 4) is 0 Å². The molecule has 0 aromatic carbocycles. The molecule has 0 saturated heterocycles. The van der Waals surface area contributed by atoms with Crippen LogP contribution in [0.2, 0.25) is 0 Å². The summed E-state index contributed by atoms with van der Waals surface area (Å²) < 4.78 is 0. The van der Waals surface area contributed by atoms with Crippen LogP contribution in [0.3, 0.4) is 0 Å². The van der Waals surface area contributed by atoms with Crippen molar-refractivity contribution in [2.75, 3.05) is 0 Å². The second-order valence-corrected chi connectivity index (χ2v) is 3.75. The molecule has 3 heteroatoms. The first-order valence-corrected chi connectivity index (χ1v) is 4.55. The number of nitrogens with two attached hydrogens (primary N) is 1. The molecule has 1 aliphatic carbocycles. The number of ketones is 1. The highest BCUT2D eigenvalue weighted by Crippen LogP contribution is 2.30. The van der Waals surface area contributed by atoms with Gasteiger partial charge in [-0.2, -0.15) is 0 Å². The molecule has 0 amide bonds. The van der Waals surface area contributed by atoms with Gasteiger partial charge in [0, 0.05) is 6.04 Å². The number of hydrogen-bond donors (Lipinski definition) is 2. The molecular formula is C9H17NO2. The lowest BCUT2D eigenvalue weighted by Crippen LogP contribution is -2.41. The van der Waals surface area contributed by atoms with Crippen LogP contribution in [0, 0.1) is 5.92 Å². The van der Waals surface area contributed by atoms with E-state index in [-0.39, 0.29) is 11.8 Å². The SMILES string of the molecule is CC(=O)[C@H](O)[C@@H](N)CC1CCC1. The van der Waals surface area contributed by atoms with E-state index < -0.39 is 6.10 Å². The van der Waals surface area contributed by atoms with Crippen LogP contribution in [0.5, 0.6) is 0 Å². The maximum atomic E-state index is 10.7. The maximum Gasteiger partial charge on any atom is 0.159 e. The molecule has 0 bridgehead atoms. The van der Waals surface area contributed by atoms with Gasteiger partial charge < -0.3 is 10.8 Å². The van der Waals surface area contributed by atoms with E-state index in [9.17, 15) is 9.90 Å². The van der Waals surface area contributed by atoms with E-state index in [2.05, 4.69) is 0 Å². The normalized spacial score (nSPS) is 22.9. The molecule has 0 aromatic heterocycles. The van der Waals surface area contributed by atoms with Gasteiger partial charge in [-0.1, -0.05) is 19.3 Å². The molecule has 1 aliphatic rings. The Morgan fingerprint density at radius 3 is 2.58 bits per heavy atom. The Morgan fingerprint density at radius 2 is 2.25 bits per heavy atom.